The Morgan fingerprint density at radius 1 is 1.59 bits per heavy atom. The third-order valence-electron chi connectivity index (χ3n) is 4.15. The van der Waals surface area contributed by atoms with Gasteiger partial charge in [-0.15, -0.1) is 0 Å². The third kappa shape index (κ3) is 3.05. The van der Waals surface area contributed by atoms with Crippen LogP contribution in [-0.2, 0) is 4.74 Å². The summed E-state index contributed by atoms with van der Waals surface area (Å²) >= 11 is 0. The molecular formula is C18H18FN5O3. The highest BCUT2D eigenvalue weighted by atomic mass is 19.1. The number of nitrogens with one attached hydrogen (secondary N) is 1. The van der Waals surface area contributed by atoms with Crippen molar-refractivity contribution in [3.05, 3.63) is 58.0 Å². The van der Waals surface area contributed by atoms with Gasteiger partial charge in [-0.1, -0.05) is 0 Å². The van der Waals surface area contributed by atoms with Crippen LogP contribution in [0.1, 0.15) is 45.8 Å². The van der Waals surface area contributed by atoms with E-state index in [0.29, 0.717) is 0 Å². The smallest absolute Gasteiger partial charge is 0.343 e. The molecule has 3 aromatic rings. The van der Waals surface area contributed by atoms with Crippen LogP contribution in [0.25, 0.3) is 5.65 Å². The Morgan fingerprint density at radius 3 is 3.26 bits per heavy atom. The second-order valence-electron chi connectivity index (χ2n) is 5.82. The quantitative estimate of drug-likeness (QED) is 0.703. The van der Waals surface area contributed by atoms with Crippen LogP contribution in [0.4, 0.5) is 10.2 Å². The highest BCUT2D eigenvalue weighted by Crippen LogP contribution is 2.34. The molecule has 0 aliphatic carbocycles. The number of ether oxygens (including phenoxy) is 1. The highest BCUT2D eigenvalue weighted by molar-refractivity contribution is 5.95. The van der Waals surface area contributed by atoms with E-state index in [0.717, 1.165) is 12.3 Å². The zero-order valence-corrected chi connectivity index (χ0v) is 14.4. The van der Waals surface area contributed by atoms with Gasteiger partial charge in [0.2, 0.25) is 0 Å². The Balaban J connectivity index is 1.87. The number of pyridine rings is 1. The summed E-state index contributed by atoms with van der Waals surface area (Å²) < 4.78 is 45.9. The fourth-order valence-corrected chi connectivity index (χ4v) is 2.96. The van der Waals surface area contributed by atoms with Crippen LogP contribution in [-0.4, -0.2) is 38.7 Å². The summed E-state index contributed by atoms with van der Waals surface area (Å²) in [6.45, 7) is 1.89. The van der Waals surface area contributed by atoms with Gasteiger partial charge in [0.15, 0.2) is 5.65 Å². The number of halogens is 1. The van der Waals surface area contributed by atoms with Gasteiger partial charge < -0.3 is 14.6 Å². The minimum Gasteiger partial charge on any atom is -0.462 e. The molecule has 4 rings (SSSR count). The van der Waals surface area contributed by atoms with E-state index >= 15 is 0 Å². The molecule has 0 spiro atoms. The van der Waals surface area contributed by atoms with Crippen LogP contribution < -0.4 is 10.5 Å². The van der Waals surface area contributed by atoms with Gasteiger partial charge in [-0.25, -0.2) is 18.7 Å². The number of carbonyl (C=O) groups excluding carboxylic acids is 1. The van der Waals surface area contributed by atoms with Gasteiger partial charge in [0, 0.05) is 27.2 Å². The minimum absolute atomic E-state index is 0.0541. The van der Waals surface area contributed by atoms with E-state index in [4.69, 9.17) is 8.85 Å². The number of aromatic amines is 1. The number of fused-ring (bicyclic) bond motifs is 1. The SMILES string of the molecule is [2H]C1([2H])CCN(c2ccn3ncc(C(=O)OCC)c3n2)C1([2H])c1cc(F)c[nH]c1=O. The molecule has 1 aliphatic heterocycles. The summed E-state index contributed by atoms with van der Waals surface area (Å²) in [5.74, 6) is -1.26. The van der Waals surface area contributed by atoms with Crippen LogP contribution in [0.5, 0.6) is 0 Å². The molecule has 1 unspecified atom stereocenters. The molecule has 0 radical (unpaired) electrons. The average Bonchev–Trinajstić information content (AvgIpc) is 3.22. The van der Waals surface area contributed by atoms with Crippen molar-refractivity contribution in [2.24, 2.45) is 0 Å². The van der Waals surface area contributed by atoms with Crippen molar-refractivity contribution >= 4 is 17.4 Å². The number of hydrogen-bond donors (Lipinski definition) is 1. The van der Waals surface area contributed by atoms with Crippen molar-refractivity contribution in [3.8, 4) is 0 Å². The minimum atomic E-state index is -2.24. The van der Waals surface area contributed by atoms with Gasteiger partial charge in [0.1, 0.15) is 17.2 Å². The number of nitrogens with zero attached hydrogens (tertiary/aromatic N) is 4. The first-order valence-corrected chi connectivity index (χ1v) is 8.37. The van der Waals surface area contributed by atoms with Crippen molar-refractivity contribution in [3.63, 3.8) is 0 Å². The van der Waals surface area contributed by atoms with E-state index in [1.165, 1.54) is 27.9 Å². The summed E-state index contributed by atoms with van der Waals surface area (Å²) in [4.78, 5) is 32.4. The number of aromatic nitrogens is 4. The third-order valence-corrected chi connectivity index (χ3v) is 4.15. The lowest BCUT2D eigenvalue weighted by atomic mass is 10.1. The molecule has 0 aromatic carbocycles. The van der Waals surface area contributed by atoms with Gasteiger partial charge in [0.05, 0.1) is 20.2 Å². The molecule has 8 nitrogen and oxygen atoms in total. The van der Waals surface area contributed by atoms with Crippen LogP contribution >= 0.6 is 0 Å². The molecule has 3 aromatic heterocycles. The fourth-order valence-electron chi connectivity index (χ4n) is 2.96. The molecular weight excluding hydrogens is 353 g/mol. The monoisotopic (exact) mass is 374 g/mol. The van der Waals surface area contributed by atoms with Crippen molar-refractivity contribution in [1.29, 1.82) is 0 Å². The normalized spacial score (nSPS) is 23.0. The lowest BCUT2D eigenvalue weighted by Gasteiger charge is -2.25. The first-order valence-electron chi connectivity index (χ1n) is 9.87. The van der Waals surface area contributed by atoms with E-state index in [2.05, 4.69) is 15.1 Å². The molecule has 27 heavy (non-hydrogen) atoms. The van der Waals surface area contributed by atoms with Crippen molar-refractivity contribution in [2.75, 3.05) is 18.1 Å². The Kier molecular flexibility index (Phi) is 3.51. The number of hydrogen-bond acceptors (Lipinski definition) is 6. The first kappa shape index (κ1) is 13.9. The summed E-state index contributed by atoms with van der Waals surface area (Å²) in [6.07, 6.45) is 1.41. The van der Waals surface area contributed by atoms with Crippen LogP contribution in [0, 0.1) is 5.82 Å². The molecule has 4 heterocycles. The Hall–Kier alpha value is -3.23. The lowest BCUT2D eigenvalue weighted by molar-refractivity contribution is 0.0528. The first-order chi connectivity index (χ1) is 14.2. The van der Waals surface area contributed by atoms with E-state index in [9.17, 15) is 14.0 Å². The predicted octanol–water partition coefficient (Wildman–Crippen LogP) is 2.07. The van der Waals surface area contributed by atoms with E-state index < -0.39 is 29.7 Å². The van der Waals surface area contributed by atoms with Crippen molar-refractivity contribution < 1.29 is 18.0 Å². The summed E-state index contributed by atoms with van der Waals surface area (Å²) in [5.41, 5.74) is -0.861. The molecule has 0 bridgehead atoms. The van der Waals surface area contributed by atoms with Gasteiger partial charge in [-0.05, 0) is 31.9 Å². The fraction of sp³-hybridized carbons (Fsp3) is 0.333. The lowest BCUT2D eigenvalue weighted by Crippen LogP contribution is -2.28. The molecule has 9 heteroatoms. The maximum Gasteiger partial charge on any atom is 0.343 e. The van der Waals surface area contributed by atoms with Crippen LogP contribution in [0.15, 0.2) is 35.5 Å². The molecule has 1 fully saturated rings. The van der Waals surface area contributed by atoms with Gasteiger partial charge in [-0.3, -0.25) is 4.79 Å². The second kappa shape index (κ2) is 6.82. The van der Waals surface area contributed by atoms with E-state index in [1.54, 1.807) is 6.92 Å². The average molecular weight is 374 g/mol. The molecule has 0 saturated carbocycles. The Bertz CT molecular complexity index is 1200. The van der Waals surface area contributed by atoms with Crippen LogP contribution in [0.2, 0.25) is 0 Å². The Labute approximate surface area is 157 Å². The summed E-state index contributed by atoms with van der Waals surface area (Å²) in [6, 6.07) is 0.120. The number of carbonyl (C=O) groups is 1. The number of anilines is 1. The molecule has 0 amide bonds. The van der Waals surface area contributed by atoms with Crippen molar-refractivity contribution in [1.82, 2.24) is 19.6 Å². The zero-order chi connectivity index (χ0) is 21.7. The topological polar surface area (TPSA) is 92.6 Å². The maximum absolute atomic E-state index is 13.9. The highest BCUT2D eigenvalue weighted by Gasteiger charge is 2.30. The molecule has 1 saturated heterocycles. The summed E-state index contributed by atoms with van der Waals surface area (Å²) in [5, 5.41) is 4.05. The van der Waals surface area contributed by atoms with E-state index in [-0.39, 0.29) is 42.2 Å². The summed E-state index contributed by atoms with van der Waals surface area (Å²) in [7, 11) is 0. The van der Waals surface area contributed by atoms with Gasteiger partial charge in [-0.2, -0.15) is 5.10 Å². The molecule has 1 atom stereocenters. The largest absolute Gasteiger partial charge is 0.462 e. The standard InChI is InChI=1S/C18H18FN5O3/c1-2-27-18(26)13-10-21-24-7-5-15(22-16(13)24)23-6-3-4-14(23)12-8-11(19)9-20-17(12)25/h5,7-10,14H,2-4,6H2,1H3,(H,20,25)/i4D2,14D. The molecule has 140 valence electrons. The molecule has 1 N–H and O–H groups in total. The van der Waals surface area contributed by atoms with Crippen LogP contribution in [0.3, 0.4) is 0 Å². The van der Waals surface area contributed by atoms with E-state index in [1.807, 2.05) is 0 Å². The number of rotatable bonds is 4. The Morgan fingerprint density at radius 2 is 2.44 bits per heavy atom. The van der Waals surface area contributed by atoms with Gasteiger partial charge >= 0.3 is 5.97 Å². The molecule has 1 aliphatic rings. The number of esters is 1. The number of H-pyrrole nitrogens is 1. The maximum atomic E-state index is 13.9. The van der Waals surface area contributed by atoms with Gasteiger partial charge in [0.25, 0.3) is 5.56 Å². The predicted molar refractivity (Wildman–Crippen MR) is 95.3 cm³/mol. The second-order valence-corrected chi connectivity index (χ2v) is 5.82. The zero-order valence-electron chi connectivity index (χ0n) is 17.4. The van der Waals surface area contributed by atoms with Crippen molar-refractivity contribution in [2.45, 2.75) is 25.7 Å².